The Balaban J connectivity index is 1.11. The molecule has 0 radical (unpaired) electrons. The van der Waals surface area contributed by atoms with Crippen LogP contribution in [0.3, 0.4) is 0 Å². The Hall–Kier alpha value is -4.17. The first-order valence-electron chi connectivity index (χ1n) is 13.6. The van der Waals surface area contributed by atoms with Crippen LogP contribution in [0.5, 0.6) is 0 Å². The van der Waals surface area contributed by atoms with E-state index in [0.717, 1.165) is 49.6 Å². The molecule has 0 bridgehead atoms. The van der Waals surface area contributed by atoms with Gasteiger partial charge in [-0.3, -0.25) is 19.4 Å². The van der Waals surface area contributed by atoms with E-state index in [9.17, 15) is 22.4 Å². The molecule has 5 heterocycles. The highest BCUT2D eigenvalue weighted by Crippen LogP contribution is 2.35. The molecule has 2 fully saturated rings. The van der Waals surface area contributed by atoms with Crippen LogP contribution in [0.15, 0.2) is 49.3 Å². The quantitative estimate of drug-likeness (QED) is 0.264. The minimum Gasteiger partial charge on any atom is -0.336 e. The monoisotopic (exact) mass is 615 g/mol. The number of aromatic nitrogens is 6. The Morgan fingerprint density at radius 2 is 1.91 bits per heavy atom. The van der Waals surface area contributed by atoms with E-state index >= 15 is 0 Å². The van der Waals surface area contributed by atoms with Crippen LogP contribution in [0, 0.1) is 5.82 Å². The zero-order valence-corrected chi connectivity index (χ0v) is 23.6. The summed E-state index contributed by atoms with van der Waals surface area (Å²) in [6, 6.07) is 2.05. The Labute approximate surface area is 248 Å². The lowest BCUT2D eigenvalue weighted by atomic mass is 10.0. The molecular weight excluding hydrogens is 590 g/mol. The normalized spacial score (nSPS) is 17.9. The van der Waals surface area contributed by atoms with Gasteiger partial charge in [-0.05, 0) is 19.4 Å². The van der Waals surface area contributed by atoms with Crippen molar-refractivity contribution < 1.29 is 22.4 Å². The van der Waals surface area contributed by atoms with Gasteiger partial charge in [0.25, 0.3) is 12.3 Å². The van der Waals surface area contributed by atoms with Crippen LogP contribution in [-0.4, -0.2) is 78.9 Å². The number of benzene rings is 1. The van der Waals surface area contributed by atoms with Crippen molar-refractivity contribution in [3.05, 3.63) is 77.0 Å². The average Bonchev–Trinajstić information content (AvgIpc) is 3.43. The molecule has 0 aliphatic carbocycles. The fourth-order valence-electron chi connectivity index (χ4n) is 5.11. The maximum absolute atomic E-state index is 14.7. The number of hydrogen-bond donors (Lipinski definition) is 1. The van der Waals surface area contributed by atoms with Gasteiger partial charge < -0.3 is 10.2 Å². The van der Waals surface area contributed by atoms with Crippen LogP contribution >= 0.6 is 11.6 Å². The van der Waals surface area contributed by atoms with Crippen molar-refractivity contribution >= 4 is 29.1 Å². The number of rotatable bonds is 9. The number of alkyl halides is 3. The zero-order chi connectivity index (χ0) is 30.2. The van der Waals surface area contributed by atoms with E-state index in [1.165, 1.54) is 6.20 Å². The van der Waals surface area contributed by atoms with Crippen molar-refractivity contribution in [1.82, 2.24) is 34.6 Å². The predicted molar refractivity (Wildman–Crippen MR) is 151 cm³/mol. The van der Waals surface area contributed by atoms with Crippen molar-refractivity contribution in [2.24, 2.45) is 0 Å². The van der Waals surface area contributed by atoms with Gasteiger partial charge in [0.05, 0.1) is 41.0 Å². The van der Waals surface area contributed by atoms with Gasteiger partial charge in [-0.1, -0.05) is 17.7 Å². The Morgan fingerprint density at radius 3 is 2.58 bits per heavy atom. The number of halogens is 5. The van der Waals surface area contributed by atoms with Crippen LogP contribution in [0.2, 0.25) is 5.02 Å². The fourth-order valence-corrected chi connectivity index (χ4v) is 5.27. The van der Waals surface area contributed by atoms with E-state index in [4.69, 9.17) is 11.6 Å². The molecule has 4 aromatic rings. The smallest absolute Gasteiger partial charge is 0.275 e. The van der Waals surface area contributed by atoms with Crippen molar-refractivity contribution in [2.75, 3.05) is 36.4 Å². The van der Waals surface area contributed by atoms with Crippen LogP contribution in [-0.2, 0) is 0 Å². The third kappa shape index (κ3) is 5.89. The molecule has 3 aromatic heterocycles. The number of nitrogens with one attached hydrogen (secondary N) is 1. The van der Waals surface area contributed by atoms with Crippen LogP contribution in [0.4, 0.5) is 29.2 Å². The van der Waals surface area contributed by atoms with Crippen LogP contribution < -0.4 is 10.2 Å². The standard InChI is InChI=1S/C28H26ClF4N9O/c1-15(16-6-35-28(36-7-16)41-5-4-19(41)14-40-11-17(30)12-40)42-13-18(8-37-42)38-27(43)23-10-34-9-22(39-23)24-20(26(32)33)2-3-21(29)25(24)31/h2-3,6-10,13,15,17,19,26H,4-5,11-12,14H2,1H3,(H,38,43). The van der Waals surface area contributed by atoms with E-state index in [2.05, 4.69) is 40.2 Å². The van der Waals surface area contributed by atoms with E-state index < -0.39 is 35.4 Å². The van der Waals surface area contributed by atoms with Crippen LogP contribution in [0.1, 0.15) is 47.4 Å². The highest BCUT2D eigenvalue weighted by Gasteiger charge is 2.35. The summed E-state index contributed by atoms with van der Waals surface area (Å²) >= 11 is 5.81. The third-order valence-electron chi connectivity index (χ3n) is 7.66. The topological polar surface area (TPSA) is 105 Å². The van der Waals surface area contributed by atoms with Gasteiger partial charge in [-0.25, -0.2) is 32.5 Å². The molecule has 1 N–H and O–H groups in total. The van der Waals surface area contributed by atoms with Gasteiger partial charge in [0.1, 0.15) is 11.9 Å². The molecule has 43 heavy (non-hydrogen) atoms. The zero-order valence-electron chi connectivity index (χ0n) is 22.8. The molecule has 10 nitrogen and oxygen atoms in total. The third-order valence-corrected chi connectivity index (χ3v) is 7.96. The van der Waals surface area contributed by atoms with E-state index in [1.807, 2.05) is 6.92 Å². The van der Waals surface area contributed by atoms with Crippen molar-refractivity contribution in [2.45, 2.75) is 38.0 Å². The van der Waals surface area contributed by atoms with Gasteiger partial charge in [-0.2, -0.15) is 5.10 Å². The van der Waals surface area contributed by atoms with Crippen molar-refractivity contribution in [1.29, 1.82) is 0 Å². The first-order chi connectivity index (χ1) is 20.7. The lowest BCUT2D eigenvalue weighted by Crippen LogP contribution is -2.59. The molecule has 0 saturated carbocycles. The molecule has 2 saturated heterocycles. The number of nitrogens with zero attached hydrogens (tertiary/aromatic N) is 8. The van der Waals surface area contributed by atoms with Gasteiger partial charge in [0.2, 0.25) is 5.95 Å². The second kappa shape index (κ2) is 11.8. The maximum Gasteiger partial charge on any atom is 0.275 e. The molecule has 2 aliphatic rings. The highest BCUT2D eigenvalue weighted by atomic mass is 35.5. The largest absolute Gasteiger partial charge is 0.336 e. The number of amides is 1. The van der Waals surface area contributed by atoms with Gasteiger partial charge in [-0.15, -0.1) is 0 Å². The number of hydrogen-bond acceptors (Lipinski definition) is 8. The van der Waals surface area contributed by atoms with E-state index in [1.54, 1.807) is 23.3 Å². The first-order valence-corrected chi connectivity index (χ1v) is 13.9. The summed E-state index contributed by atoms with van der Waals surface area (Å²) in [6.07, 6.45) is 6.02. The molecule has 0 spiro atoms. The number of anilines is 2. The number of likely N-dealkylation sites (tertiary alicyclic amines) is 1. The number of carbonyl (C=O) groups excluding carboxylic acids is 1. The lowest BCUT2D eigenvalue weighted by molar-refractivity contribution is 0.0544. The van der Waals surface area contributed by atoms with Crippen molar-refractivity contribution in [3.8, 4) is 11.3 Å². The molecule has 2 unspecified atom stereocenters. The molecule has 2 atom stereocenters. The molecule has 1 aromatic carbocycles. The summed E-state index contributed by atoms with van der Waals surface area (Å²) in [5.74, 6) is -1.15. The Kier molecular flexibility index (Phi) is 7.97. The fraction of sp³-hybridized carbons (Fsp3) is 0.357. The summed E-state index contributed by atoms with van der Waals surface area (Å²) in [4.78, 5) is 34.2. The first kappa shape index (κ1) is 28.9. The summed E-state index contributed by atoms with van der Waals surface area (Å²) in [6.45, 7) is 4.52. The van der Waals surface area contributed by atoms with E-state index in [0.29, 0.717) is 24.7 Å². The molecule has 1 amide bonds. The molecular formula is C28H26ClF4N9O. The summed E-state index contributed by atoms with van der Waals surface area (Å²) in [5, 5.41) is 6.61. The van der Waals surface area contributed by atoms with Crippen LogP contribution in [0.25, 0.3) is 11.3 Å². The summed E-state index contributed by atoms with van der Waals surface area (Å²) in [7, 11) is 0. The van der Waals surface area contributed by atoms with Gasteiger partial charge in [0, 0.05) is 67.5 Å². The molecule has 15 heteroatoms. The number of carbonyl (C=O) groups is 1. The van der Waals surface area contributed by atoms with Gasteiger partial charge >= 0.3 is 0 Å². The molecule has 2 aliphatic heterocycles. The van der Waals surface area contributed by atoms with Crippen molar-refractivity contribution in [3.63, 3.8) is 0 Å². The minimum absolute atomic E-state index is 0.218. The SMILES string of the molecule is CC(c1cnc(N2CCC2CN2CC(F)C2)nc1)n1cc(NC(=O)c2cncc(-c3c(C(F)F)ccc(Cl)c3F)n2)cn1. The van der Waals surface area contributed by atoms with Gasteiger partial charge in [0.15, 0.2) is 5.82 Å². The maximum atomic E-state index is 14.7. The lowest BCUT2D eigenvalue weighted by Gasteiger charge is -2.46. The second-order valence-electron chi connectivity index (χ2n) is 10.5. The minimum atomic E-state index is -3.00. The highest BCUT2D eigenvalue weighted by molar-refractivity contribution is 6.31. The van der Waals surface area contributed by atoms with E-state index in [-0.39, 0.29) is 28.5 Å². The Bertz CT molecular complexity index is 1630. The predicted octanol–water partition coefficient (Wildman–Crippen LogP) is 4.95. The second-order valence-corrected chi connectivity index (χ2v) is 10.9. The average molecular weight is 616 g/mol. The molecule has 224 valence electrons. The molecule has 6 rings (SSSR count). The Morgan fingerprint density at radius 1 is 1.14 bits per heavy atom. The summed E-state index contributed by atoms with van der Waals surface area (Å²) in [5.41, 5.74) is -0.474. The summed E-state index contributed by atoms with van der Waals surface area (Å²) < 4.78 is 56.6.